The molecule has 2 amide bonds. The third kappa shape index (κ3) is 4.76. The van der Waals surface area contributed by atoms with Gasteiger partial charge in [-0.25, -0.2) is 0 Å². The number of hydrogen-bond acceptors (Lipinski definition) is 5. The monoisotopic (exact) mass is 346 g/mol. The van der Waals surface area contributed by atoms with Crippen molar-refractivity contribution >= 4 is 11.8 Å². The average molecular weight is 346 g/mol. The summed E-state index contributed by atoms with van der Waals surface area (Å²) in [4.78, 5) is 31.8. The minimum absolute atomic E-state index is 0.0114. The maximum Gasteiger partial charge on any atom is 0.242 e. The summed E-state index contributed by atoms with van der Waals surface area (Å²) in [6.45, 7) is 6.09. The highest BCUT2D eigenvalue weighted by Gasteiger charge is 2.36. The molecule has 3 heterocycles. The Balaban J connectivity index is 1.67. The van der Waals surface area contributed by atoms with Crippen LogP contribution in [0.15, 0.2) is 24.5 Å². The summed E-state index contributed by atoms with van der Waals surface area (Å²) in [6.07, 6.45) is 4.56. The van der Waals surface area contributed by atoms with Crippen molar-refractivity contribution in [2.75, 3.05) is 39.4 Å². The van der Waals surface area contributed by atoms with Crippen molar-refractivity contribution in [1.29, 1.82) is 0 Å². The molecule has 25 heavy (non-hydrogen) atoms. The van der Waals surface area contributed by atoms with Crippen molar-refractivity contribution in [3.05, 3.63) is 30.1 Å². The van der Waals surface area contributed by atoms with E-state index in [9.17, 15) is 9.59 Å². The van der Waals surface area contributed by atoms with Crippen LogP contribution in [-0.2, 0) is 20.9 Å². The van der Waals surface area contributed by atoms with Crippen molar-refractivity contribution in [2.24, 2.45) is 5.92 Å². The molecule has 1 N–H and O–H groups in total. The van der Waals surface area contributed by atoms with Gasteiger partial charge in [0.2, 0.25) is 11.8 Å². The molecule has 0 spiro atoms. The van der Waals surface area contributed by atoms with E-state index >= 15 is 0 Å². The molecule has 2 aliphatic heterocycles. The lowest BCUT2D eigenvalue weighted by molar-refractivity contribution is -0.135. The normalized spacial score (nSPS) is 24.3. The molecule has 0 aliphatic carbocycles. The van der Waals surface area contributed by atoms with Gasteiger partial charge in [-0.05, 0) is 24.1 Å². The zero-order valence-electron chi connectivity index (χ0n) is 14.7. The van der Waals surface area contributed by atoms with E-state index in [0.717, 1.165) is 39.3 Å². The first-order chi connectivity index (χ1) is 12.1. The third-order valence-corrected chi connectivity index (χ3v) is 5.02. The summed E-state index contributed by atoms with van der Waals surface area (Å²) in [5.74, 6) is 0.252. The lowest BCUT2D eigenvalue weighted by Crippen LogP contribution is -2.55. The summed E-state index contributed by atoms with van der Waals surface area (Å²) in [5, 5.41) is 2.60. The van der Waals surface area contributed by atoms with Crippen LogP contribution in [-0.4, -0.2) is 72.0 Å². The van der Waals surface area contributed by atoms with E-state index in [1.807, 2.05) is 29.4 Å². The van der Waals surface area contributed by atoms with Crippen LogP contribution < -0.4 is 5.32 Å². The predicted octanol–water partition coefficient (Wildman–Crippen LogP) is 0.267. The lowest BCUT2D eigenvalue weighted by atomic mass is 9.90. The van der Waals surface area contributed by atoms with E-state index in [2.05, 4.69) is 15.2 Å². The van der Waals surface area contributed by atoms with Crippen LogP contribution in [0.3, 0.4) is 0 Å². The summed E-state index contributed by atoms with van der Waals surface area (Å²) in [5.41, 5.74) is 1.22. The highest BCUT2D eigenvalue weighted by Crippen LogP contribution is 2.26. The predicted molar refractivity (Wildman–Crippen MR) is 92.6 cm³/mol. The van der Waals surface area contributed by atoms with Crippen molar-refractivity contribution in [2.45, 2.75) is 25.9 Å². The first-order valence-electron chi connectivity index (χ1n) is 8.86. The van der Waals surface area contributed by atoms with Gasteiger partial charge in [-0.2, -0.15) is 0 Å². The van der Waals surface area contributed by atoms with Crippen LogP contribution >= 0.6 is 0 Å². The minimum atomic E-state index is -0.176. The van der Waals surface area contributed by atoms with E-state index in [1.54, 1.807) is 0 Å². The highest BCUT2D eigenvalue weighted by atomic mass is 16.5. The van der Waals surface area contributed by atoms with Crippen LogP contribution in [0.1, 0.15) is 18.9 Å². The van der Waals surface area contributed by atoms with Crippen LogP contribution in [0.25, 0.3) is 0 Å². The molecular weight excluding hydrogens is 320 g/mol. The van der Waals surface area contributed by atoms with Crippen molar-refractivity contribution in [3.8, 4) is 0 Å². The molecule has 0 unspecified atom stereocenters. The van der Waals surface area contributed by atoms with Gasteiger partial charge in [0.05, 0.1) is 19.8 Å². The van der Waals surface area contributed by atoms with Gasteiger partial charge in [-0.1, -0.05) is 0 Å². The number of pyridine rings is 1. The van der Waals surface area contributed by atoms with Gasteiger partial charge < -0.3 is 15.0 Å². The molecule has 0 radical (unpaired) electrons. The number of aromatic nitrogens is 1. The molecule has 2 saturated heterocycles. The van der Waals surface area contributed by atoms with Crippen LogP contribution in [0.4, 0.5) is 0 Å². The second-order valence-electron chi connectivity index (χ2n) is 6.77. The maximum absolute atomic E-state index is 12.4. The van der Waals surface area contributed by atoms with Crippen LogP contribution in [0.5, 0.6) is 0 Å². The molecule has 3 rings (SSSR count). The SMILES string of the molecule is CC(=O)NCC(=O)N1CC[C@@H]2COCCN(Cc3ccncc3)[C@@H]2C1. The molecule has 7 heteroatoms. The first-order valence-corrected chi connectivity index (χ1v) is 8.86. The van der Waals surface area contributed by atoms with Gasteiger partial charge in [-0.15, -0.1) is 0 Å². The molecule has 0 aromatic carbocycles. The summed E-state index contributed by atoms with van der Waals surface area (Å²) in [7, 11) is 0. The Hall–Kier alpha value is -1.99. The second-order valence-corrected chi connectivity index (χ2v) is 6.77. The molecule has 136 valence electrons. The molecule has 0 bridgehead atoms. The number of amides is 2. The zero-order chi connectivity index (χ0) is 17.6. The Kier molecular flexibility index (Phi) is 5.99. The Bertz CT molecular complexity index is 595. The Labute approximate surface area is 148 Å². The standard InChI is InChI=1S/C18H26N4O3/c1-14(23)20-10-18(24)22-7-4-16-13-25-9-8-21(17(16)12-22)11-15-2-5-19-6-3-15/h2-3,5-6,16-17H,4,7-13H2,1H3,(H,20,23)/t16-,17-/m1/s1. The molecule has 0 saturated carbocycles. The lowest BCUT2D eigenvalue weighted by Gasteiger charge is -2.42. The Morgan fingerprint density at radius 1 is 1.32 bits per heavy atom. The van der Waals surface area contributed by atoms with E-state index in [-0.39, 0.29) is 24.4 Å². The van der Waals surface area contributed by atoms with E-state index in [1.165, 1.54) is 12.5 Å². The molecule has 7 nitrogen and oxygen atoms in total. The minimum Gasteiger partial charge on any atom is -0.380 e. The summed E-state index contributed by atoms with van der Waals surface area (Å²) >= 11 is 0. The quantitative estimate of drug-likeness (QED) is 0.847. The van der Waals surface area contributed by atoms with E-state index in [4.69, 9.17) is 4.74 Å². The van der Waals surface area contributed by atoms with Crippen LogP contribution in [0, 0.1) is 5.92 Å². The number of likely N-dealkylation sites (tertiary alicyclic amines) is 1. The molecular formula is C18H26N4O3. The Morgan fingerprint density at radius 2 is 2.12 bits per heavy atom. The smallest absolute Gasteiger partial charge is 0.242 e. The fraction of sp³-hybridized carbons (Fsp3) is 0.611. The number of carbonyl (C=O) groups excluding carboxylic acids is 2. The van der Waals surface area contributed by atoms with E-state index in [0.29, 0.717) is 12.5 Å². The Morgan fingerprint density at radius 3 is 2.88 bits per heavy atom. The topological polar surface area (TPSA) is 74.8 Å². The number of nitrogens with zero attached hydrogens (tertiary/aromatic N) is 3. The second kappa shape index (κ2) is 8.40. The van der Waals surface area contributed by atoms with Gasteiger partial charge in [0.15, 0.2) is 0 Å². The molecule has 2 atom stereocenters. The van der Waals surface area contributed by atoms with Crippen molar-refractivity contribution < 1.29 is 14.3 Å². The number of hydrogen-bond donors (Lipinski definition) is 1. The fourth-order valence-corrected chi connectivity index (χ4v) is 3.63. The maximum atomic E-state index is 12.4. The van der Waals surface area contributed by atoms with Gasteiger partial charge in [0, 0.05) is 57.5 Å². The molecule has 2 fully saturated rings. The van der Waals surface area contributed by atoms with Crippen molar-refractivity contribution in [1.82, 2.24) is 20.1 Å². The largest absolute Gasteiger partial charge is 0.380 e. The van der Waals surface area contributed by atoms with Gasteiger partial charge in [-0.3, -0.25) is 19.5 Å². The number of piperidine rings is 1. The number of carbonyl (C=O) groups is 2. The van der Waals surface area contributed by atoms with E-state index < -0.39 is 0 Å². The summed E-state index contributed by atoms with van der Waals surface area (Å²) < 4.78 is 5.79. The average Bonchev–Trinajstić information content (AvgIpc) is 2.82. The van der Waals surface area contributed by atoms with Crippen LogP contribution in [0.2, 0.25) is 0 Å². The summed E-state index contributed by atoms with van der Waals surface area (Å²) in [6, 6.07) is 4.35. The molecule has 1 aromatic heterocycles. The number of rotatable bonds is 4. The van der Waals surface area contributed by atoms with Crippen molar-refractivity contribution in [3.63, 3.8) is 0 Å². The van der Waals surface area contributed by atoms with Gasteiger partial charge in [0.1, 0.15) is 0 Å². The number of ether oxygens (including phenoxy) is 1. The molecule has 2 aliphatic rings. The fourth-order valence-electron chi connectivity index (χ4n) is 3.63. The van der Waals surface area contributed by atoms with Gasteiger partial charge in [0.25, 0.3) is 0 Å². The molecule has 1 aromatic rings. The number of nitrogens with one attached hydrogen (secondary N) is 1. The number of fused-ring (bicyclic) bond motifs is 1. The third-order valence-electron chi connectivity index (χ3n) is 5.02. The first kappa shape index (κ1) is 17.8. The zero-order valence-corrected chi connectivity index (χ0v) is 14.7. The highest BCUT2D eigenvalue weighted by molar-refractivity contribution is 5.83. The van der Waals surface area contributed by atoms with Gasteiger partial charge >= 0.3 is 0 Å².